The summed E-state index contributed by atoms with van der Waals surface area (Å²) in [5.41, 5.74) is 0.122. The Balaban J connectivity index is 2.71. The molecule has 18 heavy (non-hydrogen) atoms. The van der Waals surface area contributed by atoms with E-state index in [2.05, 4.69) is 31.1 Å². The van der Waals surface area contributed by atoms with Crippen LogP contribution in [-0.4, -0.2) is 40.2 Å². The molecule has 1 N–H and O–H groups in total. The van der Waals surface area contributed by atoms with Gasteiger partial charge in [0, 0.05) is 25.8 Å². The van der Waals surface area contributed by atoms with Crippen molar-refractivity contribution in [3.63, 3.8) is 0 Å². The summed E-state index contributed by atoms with van der Waals surface area (Å²) in [6, 6.07) is 5.74. The summed E-state index contributed by atoms with van der Waals surface area (Å²) in [4.78, 5) is 4.13. The highest BCUT2D eigenvalue weighted by atomic mass is 32.2. The highest BCUT2D eigenvalue weighted by Gasteiger charge is 2.26. The molecule has 0 saturated heterocycles. The fraction of sp³-hybridized carbons (Fsp3) is 0.615. The molecule has 1 aromatic rings. The Bertz CT molecular complexity index is 389. The smallest absolute Gasteiger partial charge is 0.146 e. The van der Waals surface area contributed by atoms with E-state index < -0.39 is 11.0 Å². The molecule has 0 aliphatic heterocycles. The zero-order valence-corrected chi connectivity index (χ0v) is 12.6. The van der Waals surface area contributed by atoms with E-state index in [0.717, 1.165) is 0 Å². The monoisotopic (exact) mass is 269 g/mol. The van der Waals surface area contributed by atoms with Crippen LogP contribution in [0.25, 0.3) is 0 Å². The van der Waals surface area contributed by atoms with Gasteiger partial charge in [0.05, 0.1) is 0 Å². The van der Waals surface area contributed by atoms with Crippen LogP contribution < -0.4 is 5.32 Å². The van der Waals surface area contributed by atoms with E-state index in [0.29, 0.717) is 11.6 Å². The third-order valence-corrected chi connectivity index (χ3v) is 4.25. The van der Waals surface area contributed by atoms with E-state index in [1.54, 1.807) is 12.3 Å². The third-order valence-electron chi connectivity index (χ3n) is 2.93. The Kier molecular flexibility index (Phi) is 5.44. The van der Waals surface area contributed by atoms with Crippen LogP contribution in [0.4, 0.5) is 0 Å². The molecule has 2 atom stereocenters. The summed E-state index contributed by atoms with van der Waals surface area (Å²) >= 11 is 0. The zero-order chi connectivity index (χ0) is 13.8. The van der Waals surface area contributed by atoms with Crippen molar-refractivity contribution < 1.29 is 4.21 Å². The summed E-state index contributed by atoms with van der Waals surface area (Å²) in [5, 5.41) is 3.88. The SMILES string of the molecule is CNC(CN(C)S(=O)c1ccccn1)C(C)(C)C. The molecule has 1 heterocycles. The van der Waals surface area contributed by atoms with Crippen LogP contribution in [0.2, 0.25) is 0 Å². The molecule has 1 aromatic heterocycles. The van der Waals surface area contributed by atoms with Crippen LogP contribution in [0.5, 0.6) is 0 Å². The number of pyridine rings is 1. The molecule has 4 nitrogen and oxygen atoms in total. The number of rotatable bonds is 5. The quantitative estimate of drug-likeness (QED) is 0.884. The maximum Gasteiger partial charge on any atom is 0.146 e. The van der Waals surface area contributed by atoms with Crippen LogP contribution >= 0.6 is 0 Å². The Morgan fingerprint density at radius 1 is 1.44 bits per heavy atom. The van der Waals surface area contributed by atoms with Crippen molar-refractivity contribution in [1.29, 1.82) is 0 Å². The Hall–Kier alpha value is -0.780. The van der Waals surface area contributed by atoms with E-state index >= 15 is 0 Å². The van der Waals surface area contributed by atoms with Crippen LogP contribution in [0.15, 0.2) is 29.4 Å². The van der Waals surface area contributed by atoms with E-state index in [1.165, 1.54) is 0 Å². The molecule has 2 unspecified atom stereocenters. The highest BCUT2D eigenvalue weighted by Crippen LogP contribution is 2.20. The summed E-state index contributed by atoms with van der Waals surface area (Å²) in [6.45, 7) is 7.23. The number of hydrogen-bond donors (Lipinski definition) is 1. The maximum atomic E-state index is 12.3. The highest BCUT2D eigenvalue weighted by molar-refractivity contribution is 7.82. The van der Waals surface area contributed by atoms with Gasteiger partial charge < -0.3 is 5.32 Å². The molecule has 5 heteroatoms. The first-order valence-electron chi connectivity index (χ1n) is 6.07. The normalized spacial score (nSPS) is 15.7. The minimum Gasteiger partial charge on any atom is -0.315 e. The first-order chi connectivity index (χ1) is 8.36. The molecule has 0 radical (unpaired) electrons. The van der Waals surface area contributed by atoms with Gasteiger partial charge in [0.25, 0.3) is 0 Å². The van der Waals surface area contributed by atoms with Gasteiger partial charge in [-0.1, -0.05) is 26.8 Å². The predicted octanol–water partition coefficient (Wildman–Crippen LogP) is 1.67. The molecule has 0 fully saturated rings. The van der Waals surface area contributed by atoms with Crippen LogP contribution in [-0.2, 0) is 11.0 Å². The largest absolute Gasteiger partial charge is 0.315 e. The Morgan fingerprint density at radius 3 is 2.56 bits per heavy atom. The lowest BCUT2D eigenvalue weighted by atomic mass is 9.87. The maximum absolute atomic E-state index is 12.3. The average molecular weight is 269 g/mol. The lowest BCUT2D eigenvalue weighted by Crippen LogP contribution is -2.46. The Morgan fingerprint density at radius 2 is 2.11 bits per heavy atom. The van der Waals surface area contributed by atoms with E-state index in [1.807, 2.05) is 30.5 Å². The van der Waals surface area contributed by atoms with Crippen LogP contribution in [0, 0.1) is 5.41 Å². The molecule has 0 spiro atoms. The third kappa shape index (κ3) is 4.15. The average Bonchev–Trinajstić information content (AvgIpc) is 2.34. The van der Waals surface area contributed by atoms with Gasteiger partial charge in [-0.3, -0.25) is 0 Å². The lowest BCUT2D eigenvalue weighted by Gasteiger charge is -2.33. The molecular formula is C13H23N3OS. The van der Waals surface area contributed by atoms with Gasteiger partial charge in [-0.2, -0.15) is 0 Å². The minimum absolute atomic E-state index is 0.122. The van der Waals surface area contributed by atoms with Crippen LogP contribution in [0.1, 0.15) is 20.8 Å². The first kappa shape index (κ1) is 15.3. The molecule has 0 aromatic carbocycles. The fourth-order valence-corrected chi connectivity index (χ4v) is 2.68. The zero-order valence-electron chi connectivity index (χ0n) is 11.8. The van der Waals surface area contributed by atoms with Crippen molar-refractivity contribution >= 4 is 11.0 Å². The summed E-state index contributed by atoms with van der Waals surface area (Å²) in [7, 11) is 2.60. The number of likely N-dealkylation sites (N-methyl/N-ethyl adjacent to an activating group) is 2. The minimum atomic E-state index is -1.20. The number of nitrogens with zero attached hydrogens (tertiary/aromatic N) is 2. The molecule has 0 aliphatic rings. The number of hydrogen-bond acceptors (Lipinski definition) is 3. The van der Waals surface area contributed by atoms with Crippen molar-refractivity contribution in [3.05, 3.63) is 24.4 Å². The summed E-state index contributed by atoms with van der Waals surface area (Å²) < 4.78 is 14.1. The topological polar surface area (TPSA) is 45.2 Å². The second-order valence-electron chi connectivity index (χ2n) is 5.43. The molecule has 0 aliphatic carbocycles. The van der Waals surface area contributed by atoms with Crippen molar-refractivity contribution in [1.82, 2.24) is 14.6 Å². The van der Waals surface area contributed by atoms with Crippen molar-refractivity contribution in [2.45, 2.75) is 31.8 Å². The van der Waals surface area contributed by atoms with Crippen molar-refractivity contribution in [2.24, 2.45) is 5.41 Å². The number of aromatic nitrogens is 1. The van der Waals surface area contributed by atoms with Gasteiger partial charge in [-0.25, -0.2) is 13.5 Å². The van der Waals surface area contributed by atoms with Crippen LogP contribution in [0.3, 0.4) is 0 Å². The van der Waals surface area contributed by atoms with E-state index in [9.17, 15) is 4.21 Å². The van der Waals surface area contributed by atoms with Gasteiger partial charge in [0.2, 0.25) is 0 Å². The van der Waals surface area contributed by atoms with Gasteiger partial charge in [0.1, 0.15) is 16.0 Å². The summed E-state index contributed by atoms with van der Waals surface area (Å²) in [6.07, 6.45) is 1.67. The van der Waals surface area contributed by atoms with Gasteiger partial charge in [-0.05, 0) is 24.6 Å². The lowest BCUT2D eigenvalue weighted by molar-refractivity contribution is 0.249. The molecule has 0 saturated carbocycles. The number of nitrogens with one attached hydrogen (secondary N) is 1. The molecular weight excluding hydrogens is 246 g/mol. The molecule has 0 amide bonds. The fourth-order valence-electron chi connectivity index (χ4n) is 1.73. The summed E-state index contributed by atoms with van der Waals surface area (Å²) in [5.74, 6) is 0. The standard InChI is InChI=1S/C13H23N3OS/c1-13(2,3)11(14-4)10-16(5)18(17)12-8-6-7-9-15-12/h6-9,11,14H,10H2,1-5H3. The van der Waals surface area contributed by atoms with Gasteiger partial charge in [0.15, 0.2) is 0 Å². The molecule has 0 bridgehead atoms. The van der Waals surface area contributed by atoms with Crippen molar-refractivity contribution in [2.75, 3.05) is 20.6 Å². The predicted molar refractivity (Wildman–Crippen MR) is 75.6 cm³/mol. The molecule has 102 valence electrons. The van der Waals surface area contributed by atoms with Crippen molar-refractivity contribution in [3.8, 4) is 0 Å². The van der Waals surface area contributed by atoms with Gasteiger partial charge in [-0.15, -0.1) is 0 Å². The van der Waals surface area contributed by atoms with E-state index in [4.69, 9.17) is 0 Å². The van der Waals surface area contributed by atoms with Gasteiger partial charge >= 0.3 is 0 Å². The second-order valence-corrected chi connectivity index (χ2v) is 6.97. The Labute approximate surface area is 112 Å². The second kappa shape index (κ2) is 6.41. The first-order valence-corrected chi connectivity index (χ1v) is 7.18. The van der Waals surface area contributed by atoms with E-state index in [-0.39, 0.29) is 11.5 Å². The molecule has 1 rings (SSSR count).